The molecular weight excluding hydrogens is 300 g/mol. The lowest BCUT2D eigenvalue weighted by atomic mass is 10.0. The fourth-order valence-corrected chi connectivity index (χ4v) is 4.59. The minimum Gasteiger partial charge on any atom is -0.453 e. The highest BCUT2D eigenvalue weighted by Crippen LogP contribution is 2.27. The minimum absolute atomic E-state index is 0.0932. The van der Waals surface area contributed by atoms with E-state index in [1.807, 2.05) is 0 Å². The van der Waals surface area contributed by atoms with Crippen molar-refractivity contribution in [3.8, 4) is 0 Å². The summed E-state index contributed by atoms with van der Waals surface area (Å²) < 4.78 is 28.3. The molecule has 4 nitrogen and oxygen atoms in total. The number of benzene rings is 1. The Morgan fingerprint density at radius 2 is 2.15 bits per heavy atom. The predicted molar refractivity (Wildman–Crippen MR) is 76.9 cm³/mol. The standard InChI is InChI=1S/C14H13ClO4S/c15-11-1-2-13-10(6-11)7-14(19-13)12(16)5-9-3-4-20(17,18)8-9/h1-2,6-7,9H,3-5,8H2. The van der Waals surface area contributed by atoms with E-state index in [2.05, 4.69) is 0 Å². The molecule has 1 aromatic carbocycles. The summed E-state index contributed by atoms with van der Waals surface area (Å²) in [6, 6.07) is 6.81. The van der Waals surface area contributed by atoms with E-state index in [4.69, 9.17) is 16.0 Å². The average molecular weight is 313 g/mol. The highest BCUT2D eigenvalue weighted by atomic mass is 35.5. The van der Waals surface area contributed by atoms with Crippen LogP contribution in [0.5, 0.6) is 0 Å². The molecule has 1 unspecified atom stereocenters. The second kappa shape index (κ2) is 4.90. The third-order valence-corrected chi connectivity index (χ3v) is 5.63. The largest absolute Gasteiger partial charge is 0.453 e. The first kappa shape index (κ1) is 13.6. The molecule has 1 atom stereocenters. The maximum absolute atomic E-state index is 12.1. The fraction of sp³-hybridized carbons (Fsp3) is 0.357. The highest BCUT2D eigenvalue weighted by Gasteiger charge is 2.30. The van der Waals surface area contributed by atoms with Gasteiger partial charge in [0, 0.05) is 16.8 Å². The van der Waals surface area contributed by atoms with E-state index in [9.17, 15) is 13.2 Å². The Morgan fingerprint density at radius 1 is 1.35 bits per heavy atom. The van der Waals surface area contributed by atoms with Crippen molar-refractivity contribution in [1.82, 2.24) is 0 Å². The number of ketones is 1. The lowest BCUT2D eigenvalue weighted by Gasteiger charge is -2.03. The normalized spacial score (nSPS) is 21.4. The monoisotopic (exact) mass is 312 g/mol. The van der Waals surface area contributed by atoms with Crippen molar-refractivity contribution in [1.29, 1.82) is 0 Å². The first-order valence-electron chi connectivity index (χ1n) is 6.36. The number of rotatable bonds is 3. The zero-order valence-corrected chi connectivity index (χ0v) is 12.2. The van der Waals surface area contributed by atoms with Crippen LogP contribution < -0.4 is 0 Å². The van der Waals surface area contributed by atoms with Crippen LogP contribution >= 0.6 is 11.6 Å². The van der Waals surface area contributed by atoms with E-state index >= 15 is 0 Å². The van der Waals surface area contributed by atoms with E-state index in [1.165, 1.54) is 0 Å². The highest BCUT2D eigenvalue weighted by molar-refractivity contribution is 7.91. The van der Waals surface area contributed by atoms with Crippen molar-refractivity contribution in [2.24, 2.45) is 5.92 Å². The summed E-state index contributed by atoms with van der Waals surface area (Å²) >= 11 is 5.88. The molecule has 1 fully saturated rings. The van der Waals surface area contributed by atoms with Crippen molar-refractivity contribution in [2.45, 2.75) is 12.8 Å². The first-order chi connectivity index (χ1) is 9.43. The molecule has 2 aromatic rings. The summed E-state index contributed by atoms with van der Waals surface area (Å²) in [5.41, 5.74) is 0.608. The summed E-state index contributed by atoms with van der Waals surface area (Å²) in [4.78, 5) is 12.1. The van der Waals surface area contributed by atoms with Gasteiger partial charge in [0.05, 0.1) is 11.5 Å². The van der Waals surface area contributed by atoms with Gasteiger partial charge in [-0.05, 0) is 36.6 Å². The summed E-state index contributed by atoms with van der Waals surface area (Å²) in [5.74, 6) is 0.307. The summed E-state index contributed by atoms with van der Waals surface area (Å²) in [6.45, 7) is 0. The first-order valence-corrected chi connectivity index (χ1v) is 8.56. The van der Waals surface area contributed by atoms with Crippen molar-refractivity contribution in [2.75, 3.05) is 11.5 Å². The van der Waals surface area contributed by atoms with Crippen LogP contribution in [0.1, 0.15) is 23.4 Å². The molecule has 3 rings (SSSR count). The van der Waals surface area contributed by atoms with Crippen LogP contribution in [-0.2, 0) is 9.84 Å². The van der Waals surface area contributed by atoms with E-state index in [1.54, 1.807) is 24.3 Å². The molecule has 1 saturated heterocycles. The van der Waals surface area contributed by atoms with Crippen LogP contribution in [0.4, 0.5) is 0 Å². The summed E-state index contributed by atoms with van der Waals surface area (Å²) in [7, 11) is -2.95. The molecule has 1 aromatic heterocycles. The van der Waals surface area contributed by atoms with Crippen LogP contribution in [0, 0.1) is 5.92 Å². The Kier molecular flexibility index (Phi) is 3.34. The van der Waals surface area contributed by atoms with Gasteiger partial charge in [-0.2, -0.15) is 0 Å². The SMILES string of the molecule is O=C(CC1CCS(=O)(=O)C1)c1cc2cc(Cl)ccc2o1. The number of furan rings is 1. The van der Waals surface area contributed by atoms with Crippen molar-refractivity contribution >= 4 is 38.2 Å². The van der Waals surface area contributed by atoms with Gasteiger partial charge in [-0.15, -0.1) is 0 Å². The molecule has 1 aliphatic rings. The van der Waals surface area contributed by atoms with Gasteiger partial charge in [0.15, 0.2) is 21.4 Å². The van der Waals surface area contributed by atoms with Gasteiger partial charge in [0.1, 0.15) is 5.58 Å². The Labute approximate surface area is 121 Å². The van der Waals surface area contributed by atoms with Crippen LogP contribution in [-0.4, -0.2) is 25.7 Å². The summed E-state index contributed by atoms with van der Waals surface area (Å²) in [5, 5.41) is 1.36. The van der Waals surface area contributed by atoms with E-state index in [0.29, 0.717) is 17.0 Å². The van der Waals surface area contributed by atoms with Crippen molar-refractivity contribution in [3.63, 3.8) is 0 Å². The van der Waals surface area contributed by atoms with Crippen molar-refractivity contribution < 1.29 is 17.6 Å². The third kappa shape index (κ3) is 2.74. The number of sulfone groups is 1. The van der Waals surface area contributed by atoms with Crippen molar-refractivity contribution in [3.05, 3.63) is 35.0 Å². The lowest BCUT2D eigenvalue weighted by Crippen LogP contribution is -2.10. The minimum atomic E-state index is -2.95. The fourth-order valence-electron chi connectivity index (χ4n) is 2.55. The molecule has 6 heteroatoms. The zero-order valence-electron chi connectivity index (χ0n) is 10.6. The molecule has 0 bridgehead atoms. The maximum atomic E-state index is 12.1. The molecule has 0 N–H and O–H groups in total. The van der Waals surface area contributed by atoms with Gasteiger partial charge in [-0.25, -0.2) is 8.42 Å². The number of halogens is 1. The number of carbonyl (C=O) groups is 1. The number of hydrogen-bond donors (Lipinski definition) is 0. The predicted octanol–water partition coefficient (Wildman–Crippen LogP) is 3.09. The van der Waals surface area contributed by atoms with Gasteiger partial charge in [-0.3, -0.25) is 4.79 Å². The molecule has 0 amide bonds. The number of fused-ring (bicyclic) bond motifs is 1. The summed E-state index contributed by atoms with van der Waals surface area (Å²) in [6.07, 6.45) is 0.771. The Bertz CT molecular complexity index is 776. The average Bonchev–Trinajstić information content (AvgIpc) is 2.92. The molecule has 106 valence electrons. The molecule has 1 aliphatic heterocycles. The van der Waals surface area contributed by atoms with Gasteiger partial charge in [0.25, 0.3) is 0 Å². The number of Topliss-reactive ketones (excluding diaryl/α,β-unsaturated/α-hetero) is 1. The van der Waals surface area contributed by atoms with Gasteiger partial charge < -0.3 is 4.42 Å². The van der Waals surface area contributed by atoms with Crippen LogP contribution in [0.15, 0.2) is 28.7 Å². The molecular formula is C14H13ClO4S. The van der Waals surface area contributed by atoms with E-state index in [0.717, 1.165) is 5.39 Å². The molecule has 0 aliphatic carbocycles. The molecule has 0 spiro atoms. The second-order valence-electron chi connectivity index (χ2n) is 5.19. The third-order valence-electron chi connectivity index (χ3n) is 3.55. The maximum Gasteiger partial charge on any atom is 0.198 e. The quantitative estimate of drug-likeness (QED) is 0.817. The number of carbonyl (C=O) groups excluding carboxylic acids is 1. The molecule has 2 heterocycles. The van der Waals surface area contributed by atoms with Gasteiger partial charge in [0.2, 0.25) is 0 Å². The van der Waals surface area contributed by atoms with E-state index in [-0.39, 0.29) is 35.4 Å². The van der Waals surface area contributed by atoms with E-state index < -0.39 is 9.84 Å². The molecule has 0 radical (unpaired) electrons. The lowest BCUT2D eigenvalue weighted by molar-refractivity contribution is 0.0940. The van der Waals surface area contributed by atoms with Gasteiger partial charge >= 0.3 is 0 Å². The second-order valence-corrected chi connectivity index (χ2v) is 7.85. The topological polar surface area (TPSA) is 64.3 Å². The smallest absolute Gasteiger partial charge is 0.198 e. The van der Waals surface area contributed by atoms with Crippen LogP contribution in [0.2, 0.25) is 5.02 Å². The van der Waals surface area contributed by atoms with Crippen LogP contribution in [0.25, 0.3) is 11.0 Å². The van der Waals surface area contributed by atoms with Crippen LogP contribution in [0.3, 0.4) is 0 Å². The Morgan fingerprint density at radius 3 is 2.85 bits per heavy atom. The Balaban J connectivity index is 1.79. The Hall–Kier alpha value is -1.33. The molecule has 20 heavy (non-hydrogen) atoms. The zero-order chi connectivity index (χ0) is 14.3. The number of hydrogen-bond acceptors (Lipinski definition) is 4. The van der Waals surface area contributed by atoms with Gasteiger partial charge in [-0.1, -0.05) is 11.6 Å². The molecule has 0 saturated carbocycles.